The van der Waals surface area contributed by atoms with Gasteiger partial charge >= 0.3 is 0 Å². The Morgan fingerprint density at radius 1 is 1.29 bits per heavy atom. The summed E-state index contributed by atoms with van der Waals surface area (Å²) in [5.74, 6) is 0.251. The first-order chi connectivity index (χ1) is 10.2. The highest BCUT2D eigenvalue weighted by molar-refractivity contribution is 7.98. The van der Waals surface area contributed by atoms with Crippen LogP contribution in [-0.2, 0) is 0 Å². The number of piperazine rings is 1. The highest BCUT2D eigenvalue weighted by Gasteiger charge is 2.34. The molecule has 0 radical (unpaired) electrons. The smallest absolute Gasteiger partial charge is 0.176 e. The number of benzene rings is 1. The van der Waals surface area contributed by atoms with Crippen molar-refractivity contribution in [3.8, 4) is 0 Å². The van der Waals surface area contributed by atoms with E-state index < -0.39 is 0 Å². The maximum atomic E-state index is 12.5. The van der Waals surface area contributed by atoms with E-state index in [4.69, 9.17) is 0 Å². The molecule has 1 aromatic rings. The summed E-state index contributed by atoms with van der Waals surface area (Å²) in [6, 6.07) is 9.16. The third-order valence-electron chi connectivity index (χ3n) is 4.83. The lowest BCUT2D eigenvalue weighted by atomic mass is 10.1. The molecular weight excluding hydrogens is 280 g/mol. The van der Waals surface area contributed by atoms with Crippen molar-refractivity contribution in [2.24, 2.45) is 0 Å². The summed E-state index contributed by atoms with van der Waals surface area (Å²) in [6.07, 6.45) is 4.66. The fraction of sp³-hybridized carbons (Fsp3) is 0.588. The number of nitrogens with zero attached hydrogens (tertiary/aromatic N) is 2. The molecule has 3 rings (SSSR count). The molecule has 1 aromatic carbocycles. The van der Waals surface area contributed by atoms with E-state index in [0.717, 1.165) is 18.7 Å². The van der Waals surface area contributed by atoms with E-state index in [1.165, 1.54) is 24.3 Å². The molecule has 2 aliphatic heterocycles. The SMILES string of the molecule is CSc1ccc(C(=O)CN2CC3CCCN3CC2C)cc1. The van der Waals surface area contributed by atoms with Gasteiger partial charge in [0, 0.05) is 35.6 Å². The topological polar surface area (TPSA) is 23.6 Å². The highest BCUT2D eigenvalue weighted by Crippen LogP contribution is 2.24. The number of fused-ring (bicyclic) bond motifs is 1. The monoisotopic (exact) mass is 304 g/mol. The van der Waals surface area contributed by atoms with Gasteiger partial charge in [0.15, 0.2) is 5.78 Å². The van der Waals surface area contributed by atoms with Crippen LogP contribution in [0, 0.1) is 0 Å². The predicted octanol–water partition coefficient (Wildman–Crippen LogP) is 2.76. The van der Waals surface area contributed by atoms with Gasteiger partial charge < -0.3 is 0 Å². The Bertz CT molecular complexity index is 502. The predicted molar refractivity (Wildman–Crippen MR) is 88.2 cm³/mol. The first-order valence-corrected chi connectivity index (χ1v) is 9.05. The summed E-state index contributed by atoms with van der Waals surface area (Å²) >= 11 is 1.71. The molecule has 2 heterocycles. The van der Waals surface area contributed by atoms with Crippen LogP contribution >= 0.6 is 11.8 Å². The minimum absolute atomic E-state index is 0.251. The molecule has 0 amide bonds. The van der Waals surface area contributed by atoms with E-state index in [1.54, 1.807) is 11.8 Å². The second-order valence-corrected chi connectivity index (χ2v) is 7.10. The van der Waals surface area contributed by atoms with Gasteiger partial charge in [-0.3, -0.25) is 14.6 Å². The second-order valence-electron chi connectivity index (χ2n) is 6.22. The van der Waals surface area contributed by atoms with Crippen LogP contribution in [0.2, 0.25) is 0 Å². The quantitative estimate of drug-likeness (QED) is 0.630. The molecule has 0 saturated carbocycles. The summed E-state index contributed by atoms with van der Waals surface area (Å²) in [6.45, 7) is 6.22. The Labute approximate surface area is 131 Å². The molecule has 2 aliphatic rings. The minimum Gasteiger partial charge on any atom is -0.298 e. The van der Waals surface area contributed by atoms with Crippen LogP contribution in [0.4, 0.5) is 0 Å². The number of carbonyl (C=O) groups is 1. The van der Waals surface area contributed by atoms with Crippen LogP contribution in [-0.4, -0.2) is 60.1 Å². The molecule has 2 fully saturated rings. The van der Waals surface area contributed by atoms with Gasteiger partial charge in [0.2, 0.25) is 0 Å². The Kier molecular flexibility index (Phi) is 4.67. The standard InChI is InChI=1S/C17H24N2OS/c1-13-10-18-9-3-4-15(18)11-19(13)12-17(20)14-5-7-16(21-2)8-6-14/h5-8,13,15H,3-4,9-12H2,1-2H3. The summed E-state index contributed by atoms with van der Waals surface area (Å²) in [5, 5.41) is 0. The molecular formula is C17H24N2OS. The highest BCUT2D eigenvalue weighted by atomic mass is 32.2. The van der Waals surface area contributed by atoms with E-state index in [0.29, 0.717) is 18.6 Å². The van der Waals surface area contributed by atoms with Crippen molar-refractivity contribution in [1.29, 1.82) is 0 Å². The molecule has 0 aliphatic carbocycles. The molecule has 2 unspecified atom stereocenters. The maximum Gasteiger partial charge on any atom is 0.176 e. The van der Waals surface area contributed by atoms with Gasteiger partial charge in [0.05, 0.1) is 6.54 Å². The normalized spacial score (nSPS) is 26.8. The molecule has 0 spiro atoms. The average molecular weight is 304 g/mol. The third-order valence-corrected chi connectivity index (χ3v) is 5.57. The number of hydrogen-bond donors (Lipinski definition) is 0. The Morgan fingerprint density at radius 2 is 2.05 bits per heavy atom. The average Bonchev–Trinajstić information content (AvgIpc) is 2.94. The number of Topliss-reactive ketones (excluding diaryl/α,β-unsaturated/α-hetero) is 1. The van der Waals surface area contributed by atoms with Gasteiger partial charge in [-0.1, -0.05) is 12.1 Å². The van der Waals surface area contributed by atoms with Crippen molar-refractivity contribution in [3.63, 3.8) is 0 Å². The molecule has 0 bridgehead atoms. The molecule has 114 valence electrons. The molecule has 4 heteroatoms. The maximum absolute atomic E-state index is 12.5. The first-order valence-electron chi connectivity index (χ1n) is 7.82. The van der Waals surface area contributed by atoms with Crippen molar-refractivity contribution < 1.29 is 4.79 Å². The number of carbonyl (C=O) groups excluding carboxylic acids is 1. The minimum atomic E-state index is 0.251. The zero-order valence-electron chi connectivity index (χ0n) is 12.9. The summed E-state index contributed by atoms with van der Waals surface area (Å²) in [5.41, 5.74) is 0.842. The zero-order chi connectivity index (χ0) is 14.8. The number of thioether (sulfide) groups is 1. The van der Waals surface area contributed by atoms with Crippen LogP contribution in [0.25, 0.3) is 0 Å². The largest absolute Gasteiger partial charge is 0.298 e. The van der Waals surface area contributed by atoms with Gasteiger partial charge in [0.1, 0.15) is 0 Å². The fourth-order valence-corrected chi connectivity index (χ4v) is 3.93. The van der Waals surface area contributed by atoms with Gasteiger partial charge in [-0.05, 0) is 44.7 Å². The molecule has 21 heavy (non-hydrogen) atoms. The van der Waals surface area contributed by atoms with Crippen molar-refractivity contribution in [3.05, 3.63) is 29.8 Å². The first kappa shape index (κ1) is 15.1. The van der Waals surface area contributed by atoms with E-state index in [2.05, 4.69) is 23.0 Å². The van der Waals surface area contributed by atoms with E-state index in [9.17, 15) is 4.79 Å². The molecule has 3 nitrogen and oxygen atoms in total. The second kappa shape index (κ2) is 6.51. The molecule has 2 saturated heterocycles. The van der Waals surface area contributed by atoms with Gasteiger partial charge in [-0.15, -0.1) is 11.8 Å². The van der Waals surface area contributed by atoms with Gasteiger partial charge in [-0.25, -0.2) is 0 Å². The Morgan fingerprint density at radius 3 is 2.76 bits per heavy atom. The Balaban J connectivity index is 1.63. The molecule has 0 aromatic heterocycles. The van der Waals surface area contributed by atoms with Crippen LogP contribution in [0.5, 0.6) is 0 Å². The number of ketones is 1. The summed E-state index contributed by atoms with van der Waals surface area (Å²) in [7, 11) is 0. The van der Waals surface area contributed by atoms with Crippen molar-refractivity contribution >= 4 is 17.5 Å². The fourth-order valence-electron chi connectivity index (χ4n) is 3.52. The zero-order valence-corrected chi connectivity index (χ0v) is 13.7. The lowest BCUT2D eigenvalue weighted by Crippen LogP contribution is -2.55. The van der Waals surface area contributed by atoms with Crippen molar-refractivity contribution in [2.45, 2.75) is 36.7 Å². The third kappa shape index (κ3) is 3.33. The van der Waals surface area contributed by atoms with Crippen LogP contribution in [0.15, 0.2) is 29.2 Å². The van der Waals surface area contributed by atoms with Crippen molar-refractivity contribution in [1.82, 2.24) is 9.80 Å². The lowest BCUT2D eigenvalue weighted by Gasteiger charge is -2.42. The van der Waals surface area contributed by atoms with Crippen LogP contribution < -0.4 is 0 Å². The van der Waals surface area contributed by atoms with Crippen LogP contribution in [0.3, 0.4) is 0 Å². The number of hydrogen-bond acceptors (Lipinski definition) is 4. The van der Waals surface area contributed by atoms with Gasteiger partial charge in [-0.2, -0.15) is 0 Å². The lowest BCUT2D eigenvalue weighted by molar-refractivity contribution is 0.0535. The summed E-state index contributed by atoms with van der Waals surface area (Å²) < 4.78 is 0. The molecule has 0 N–H and O–H groups in total. The number of rotatable bonds is 4. The van der Waals surface area contributed by atoms with E-state index in [1.807, 2.05) is 24.3 Å². The molecule has 2 atom stereocenters. The van der Waals surface area contributed by atoms with E-state index >= 15 is 0 Å². The van der Waals surface area contributed by atoms with Gasteiger partial charge in [0.25, 0.3) is 0 Å². The van der Waals surface area contributed by atoms with Crippen LogP contribution in [0.1, 0.15) is 30.1 Å². The van der Waals surface area contributed by atoms with E-state index in [-0.39, 0.29) is 5.78 Å². The van der Waals surface area contributed by atoms with Crippen molar-refractivity contribution in [2.75, 3.05) is 32.4 Å². The Hall–Kier alpha value is -0.840. The summed E-state index contributed by atoms with van der Waals surface area (Å²) in [4.78, 5) is 18.7.